The van der Waals surface area contributed by atoms with Crippen LogP contribution >= 0.6 is 0 Å². The number of anilines is 1. The van der Waals surface area contributed by atoms with E-state index >= 15 is 0 Å². The Morgan fingerprint density at radius 2 is 2.00 bits per heavy atom. The lowest BCUT2D eigenvalue weighted by atomic mass is 10.0. The minimum absolute atomic E-state index is 0.226. The molecule has 0 radical (unpaired) electrons. The average molecular weight is 274 g/mol. The highest BCUT2D eigenvalue weighted by molar-refractivity contribution is 6.21. The molecule has 0 saturated carbocycles. The number of carbonyl (C=O) groups is 2. The van der Waals surface area contributed by atoms with Gasteiger partial charge in [0.05, 0.1) is 17.2 Å². The van der Waals surface area contributed by atoms with Gasteiger partial charge >= 0.3 is 0 Å². The molecular weight excluding hydrogens is 256 g/mol. The number of benzene rings is 1. The number of fused-ring (bicyclic) bond motifs is 1. The van der Waals surface area contributed by atoms with Gasteiger partial charge in [0.2, 0.25) is 0 Å². The Labute approximate surface area is 117 Å². The lowest BCUT2D eigenvalue weighted by molar-refractivity contribution is 0.0232. The Morgan fingerprint density at radius 1 is 1.25 bits per heavy atom. The second-order valence-electron chi connectivity index (χ2n) is 5.48. The molecule has 0 spiro atoms. The van der Waals surface area contributed by atoms with E-state index in [-0.39, 0.29) is 17.9 Å². The van der Waals surface area contributed by atoms with Gasteiger partial charge in [-0.25, -0.2) is 0 Å². The molecule has 2 atom stereocenters. The summed E-state index contributed by atoms with van der Waals surface area (Å²) < 4.78 is 5.52. The third-order valence-electron chi connectivity index (χ3n) is 3.95. The molecule has 2 aliphatic heterocycles. The topological polar surface area (TPSA) is 58.6 Å². The van der Waals surface area contributed by atoms with Crippen molar-refractivity contribution < 1.29 is 14.3 Å². The molecule has 5 heteroatoms. The summed E-state index contributed by atoms with van der Waals surface area (Å²) in [5.41, 5.74) is 1.87. The van der Waals surface area contributed by atoms with Gasteiger partial charge in [0.25, 0.3) is 11.8 Å². The van der Waals surface area contributed by atoms with E-state index in [1.807, 2.05) is 6.07 Å². The van der Waals surface area contributed by atoms with Crippen molar-refractivity contribution in [1.29, 1.82) is 0 Å². The molecule has 1 aromatic rings. The molecule has 2 heterocycles. The number of ether oxygens (including phenoxy) is 1. The molecule has 1 saturated heterocycles. The largest absolute Gasteiger partial charge is 0.382 e. The number of imide groups is 1. The Hall–Kier alpha value is -1.88. The molecule has 0 bridgehead atoms. The van der Waals surface area contributed by atoms with Gasteiger partial charge in [-0.2, -0.15) is 0 Å². The molecule has 1 aromatic carbocycles. The van der Waals surface area contributed by atoms with Crippen LogP contribution in [0.5, 0.6) is 0 Å². The summed E-state index contributed by atoms with van der Waals surface area (Å²) in [6.45, 7) is 2.82. The van der Waals surface area contributed by atoms with Gasteiger partial charge < -0.3 is 10.1 Å². The first-order valence-electron chi connectivity index (χ1n) is 6.91. The van der Waals surface area contributed by atoms with Crippen LogP contribution < -0.4 is 5.32 Å². The highest BCUT2D eigenvalue weighted by Gasteiger charge is 2.32. The summed E-state index contributed by atoms with van der Waals surface area (Å²) in [4.78, 5) is 24.9. The molecule has 2 amide bonds. The van der Waals surface area contributed by atoms with Crippen LogP contribution in [0, 0.1) is 0 Å². The van der Waals surface area contributed by atoms with Crippen LogP contribution in [-0.4, -0.2) is 42.5 Å². The number of amides is 2. The maximum atomic E-state index is 12.0. The van der Waals surface area contributed by atoms with Crippen molar-refractivity contribution in [3.05, 3.63) is 29.3 Å². The Kier molecular flexibility index (Phi) is 3.22. The van der Waals surface area contributed by atoms with Crippen LogP contribution in [0.2, 0.25) is 0 Å². The van der Waals surface area contributed by atoms with Crippen molar-refractivity contribution in [3.63, 3.8) is 0 Å². The van der Waals surface area contributed by atoms with E-state index in [0.29, 0.717) is 17.2 Å². The minimum Gasteiger partial charge on any atom is -0.382 e. The third kappa shape index (κ3) is 2.18. The first-order chi connectivity index (χ1) is 9.56. The van der Waals surface area contributed by atoms with Crippen LogP contribution in [0.15, 0.2) is 18.2 Å². The highest BCUT2D eigenvalue weighted by atomic mass is 16.5. The predicted molar refractivity (Wildman–Crippen MR) is 74.9 cm³/mol. The molecule has 1 N–H and O–H groups in total. The predicted octanol–water partition coefficient (Wildman–Crippen LogP) is 1.89. The number of nitrogens with zero attached hydrogens (tertiary/aromatic N) is 1. The second kappa shape index (κ2) is 4.90. The van der Waals surface area contributed by atoms with Crippen molar-refractivity contribution >= 4 is 17.5 Å². The molecule has 3 rings (SSSR count). The van der Waals surface area contributed by atoms with Gasteiger partial charge in [0.15, 0.2) is 0 Å². The molecule has 106 valence electrons. The van der Waals surface area contributed by atoms with Crippen molar-refractivity contribution in [2.24, 2.45) is 0 Å². The van der Waals surface area contributed by atoms with Crippen molar-refractivity contribution in [2.45, 2.75) is 31.9 Å². The first kappa shape index (κ1) is 13.1. The quantitative estimate of drug-likeness (QED) is 0.837. The third-order valence-corrected chi connectivity index (χ3v) is 3.95. The molecule has 5 nitrogen and oxygen atoms in total. The fourth-order valence-electron chi connectivity index (χ4n) is 2.82. The first-order valence-corrected chi connectivity index (χ1v) is 6.91. The lowest BCUT2D eigenvalue weighted by Gasteiger charge is -2.28. The number of carbonyl (C=O) groups excluding carboxylic acids is 2. The summed E-state index contributed by atoms with van der Waals surface area (Å²) in [7, 11) is 1.51. The van der Waals surface area contributed by atoms with E-state index in [1.54, 1.807) is 12.1 Å². The Balaban J connectivity index is 1.80. The van der Waals surface area contributed by atoms with Gasteiger partial charge in [-0.1, -0.05) is 0 Å². The Morgan fingerprint density at radius 3 is 2.75 bits per heavy atom. The fraction of sp³-hybridized carbons (Fsp3) is 0.467. The van der Waals surface area contributed by atoms with Crippen LogP contribution in [0.4, 0.5) is 5.69 Å². The SMILES string of the molecule is CC1CC(Nc2ccc3c(c2)C(=O)N(C)C3=O)CCO1. The van der Waals surface area contributed by atoms with Crippen molar-refractivity contribution in [2.75, 3.05) is 19.0 Å². The van der Waals surface area contributed by atoms with Gasteiger partial charge in [0, 0.05) is 25.4 Å². The maximum absolute atomic E-state index is 12.0. The summed E-state index contributed by atoms with van der Waals surface area (Å²) in [5, 5.41) is 3.43. The fourth-order valence-corrected chi connectivity index (χ4v) is 2.82. The van der Waals surface area contributed by atoms with Gasteiger partial charge in [-0.3, -0.25) is 14.5 Å². The van der Waals surface area contributed by atoms with E-state index in [9.17, 15) is 9.59 Å². The summed E-state index contributed by atoms with van der Waals surface area (Å²) in [5.74, 6) is -0.453. The zero-order chi connectivity index (χ0) is 14.3. The Bertz CT molecular complexity index is 570. The molecule has 1 fully saturated rings. The monoisotopic (exact) mass is 274 g/mol. The van der Waals surface area contributed by atoms with Gasteiger partial charge in [-0.15, -0.1) is 0 Å². The number of hydrogen-bond donors (Lipinski definition) is 1. The second-order valence-corrected chi connectivity index (χ2v) is 5.48. The zero-order valence-electron chi connectivity index (χ0n) is 11.7. The molecular formula is C15H18N2O3. The smallest absolute Gasteiger partial charge is 0.261 e. The number of nitrogens with one attached hydrogen (secondary N) is 1. The standard InChI is InChI=1S/C15H18N2O3/c1-9-7-11(5-6-20-9)16-10-3-4-12-13(8-10)15(19)17(2)14(12)18/h3-4,8-9,11,16H,5-7H2,1-2H3. The van der Waals surface area contributed by atoms with Crippen LogP contribution in [0.3, 0.4) is 0 Å². The van der Waals surface area contributed by atoms with Crippen molar-refractivity contribution in [3.8, 4) is 0 Å². The summed E-state index contributed by atoms with van der Waals surface area (Å²) in [6.07, 6.45) is 2.16. The van der Waals surface area contributed by atoms with E-state index < -0.39 is 0 Å². The van der Waals surface area contributed by atoms with E-state index in [0.717, 1.165) is 30.0 Å². The average Bonchev–Trinajstić information content (AvgIpc) is 2.64. The van der Waals surface area contributed by atoms with Crippen LogP contribution in [0.25, 0.3) is 0 Å². The minimum atomic E-state index is -0.228. The summed E-state index contributed by atoms with van der Waals surface area (Å²) >= 11 is 0. The summed E-state index contributed by atoms with van der Waals surface area (Å²) in [6, 6.07) is 5.72. The molecule has 20 heavy (non-hydrogen) atoms. The molecule has 0 aliphatic carbocycles. The number of hydrogen-bond acceptors (Lipinski definition) is 4. The van der Waals surface area contributed by atoms with E-state index in [1.165, 1.54) is 7.05 Å². The van der Waals surface area contributed by atoms with E-state index in [2.05, 4.69) is 12.2 Å². The maximum Gasteiger partial charge on any atom is 0.261 e. The van der Waals surface area contributed by atoms with Crippen LogP contribution in [0.1, 0.15) is 40.5 Å². The molecule has 2 unspecified atom stereocenters. The van der Waals surface area contributed by atoms with Crippen molar-refractivity contribution in [1.82, 2.24) is 4.90 Å². The van der Waals surface area contributed by atoms with Gasteiger partial charge in [0.1, 0.15) is 0 Å². The molecule has 2 aliphatic rings. The van der Waals surface area contributed by atoms with Gasteiger partial charge in [-0.05, 0) is 38.0 Å². The number of rotatable bonds is 2. The highest BCUT2D eigenvalue weighted by Crippen LogP contribution is 2.26. The molecule has 0 aromatic heterocycles. The lowest BCUT2D eigenvalue weighted by Crippen LogP contribution is -2.32. The normalized spacial score (nSPS) is 25.8. The van der Waals surface area contributed by atoms with E-state index in [4.69, 9.17) is 4.74 Å². The zero-order valence-corrected chi connectivity index (χ0v) is 11.7. The van der Waals surface area contributed by atoms with Crippen LogP contribution in [-0.2, 0) is 4.74 Å².